The fourth-order valence-electron chi connectivity index (χ4n) is 22.3. The fraction of sp³-hybridized carbons (Fsp3) is 0. The van der Waals surface area contributed by atoms with E-state index < -0.39 is 6.71 Å². The van der Waals surface area contributed by atoms with Gasteiger partial charge in [0.25, 0.3) is 6.71 Å². The molecule has 0 radical (unpaired) electrons. The van der Waals surface area contributed by atoms with Gasteiger partial charge in [-0.3, -0.25) is 0 Å². The lowest BCUT2D eigenvalue weighted by Gasteiger charge is -2.46. The normalized spacial score (nSPS) is 11.9. The van der Waals surface area contributed by atoms with E-state index in [9.17, 15) is 0 Å². The van der Waals surface area contributed by atoms with Gasteiger partial charge in [-0.1, -0.05) is 467 Å². The Morgan fingerprint density at radius 3 is 0.574 bits per heavy atom. The summed E-state index contributed by atoms with van der Waals surface area (Å²) in [6.07, 6.45) is 0. The minimum atomic E-state index is -0.450. The van der Waals surface area contributed by atoms with Gasteiger partial charge in [-0.25, -0.2) is 0 Å². The maximum atomic E-state index is 2.76. The standard InChI is InChI=1S/C136H91BN4/c1-12-42-92(43-13-1)103-64-38-68-107(80-103)120-84-111(96-50-20-5-21-51-96)85-121(108-69-39-65-104(81-108)93-44-14-2-15-45-93)135(120)140-126-90-114(138-131(99-56-26-8-27-57-99)116-72-34-35-73-117(116)132(138)100-58-28-9-29-59-100)76-78-124(126)137-125-79-77-115(139-133(101-60-30-10-31-61-101)118-74-36-37-75-119(118)134(139)102-62-32-11-33-63-102)91-127(125)141(129-89-113(88-128(140)130(129)137)98-54-24-7-25-55-98)136-122(109-70-40-66-105(82-109)94-46-16-3-17-47-94)86-112(97-52-22-6-23-53-97)87-123(136)110-71-41-67-106(83-110)95-48-18-4-19-49-95/h1-91H. The van der Waals surface area contributed by atoms with Gasteiger partial charge in [-0.05, 0) is 224 Å². The lowest BCUT2D eigenvalue weighted by atomic mass is 9.33. The third-order valence-corrected chi connectivity index (χ3v) is 28.6. The number of rotatable bonds is 19. The van der Waals surface area contributed by atoms with Crippen LogP contribution in [0.2, 0.25) is 0 Å². The molecule has 4 heterocycles. The van der Waals surface area contributed by atoms with E-state index in [4.69, 9.17) is 0 Å². The molecule has 2 aliphatic rings. The van der Waals surface area contributed by atoms with Gasteiger partial charge in [0.1, 0.15) is 0 Å². The van der Waals surface area contributed by atoms with Crippen molar-refractivity contribution in [2.24, 2.45) is 0 Å². The largest absolute Gasteiger partial charge is 0.310 e. The van der Waals surface area contributed by atoms with Crippen molar-refractivity contribution >= 4 is 78.8 Å². The molecule has 0 amide bonds. The first-order valence-electron chi connectivity index (χ1n) is 48.7. The molecule has 141 heavy (non-hydrogen) atoms. The van der Waals surface area contributed by atoms with Crippen molar-refractivity contribution in [2.75, 3.05) is 9.80 Å². The molecule has 24 aromatic rings. The number of hydrogen-bond donors (Lipinski definition) is 0. The lowest BCUT2D eigenvalue weighted by molar-refractivity contribution is 1.10. The second-order valence-corrected chi connectivity index (χ2v) is 36.9. The third-order valence-electron chi connectivity index (χ3n) is 28.6. The van der Waals surface area contributed by atoms with Crippen LogP contribution in [0.15, 0.2) is 552 Å². The monoisotopic (exact) mass is 1790 g/mol. The molecule has 22 aromatic carbocycles. The molecule has 0 N–H and O–H groups in total. The highest BCUT2D eigenvalue weighted by atomic mass is 15.2. The average molecular weight is 1790 g/mol. The highest BCUT2D eigenvalue weighted by Gasteiger charge is 2.47. The molecular formula is C136H91BN4. The molecule has 0 atom stereocenters. The van der Waals surface area contributed by atoms with Gasteiger partial charge in [0.15, 0.2) is 0 Å². The van der Waals surface area contributed by atoms with Gasteiger partial charge in [-0.2, -0.15) is 0 Å². The van der Waals surface area contributed by atoms with E-state index in [1.807, 2.05) is 0 Å². The molecule has 0 aliphatic carbocycles. The summed E-state index contributed by atoms with van der Waals surface area (Å²) < 4.78 is 5.17. The molecule has 26 rings (SSSR count). The van der Waals surface area contributed by atoms with Crippen molar-refractivity contribution in [1.29, 1.82) is 0 Å². The van der Waals surface area contributed by atoms with Crippen LogP contribution in [0.3, 0.4) is 0 Å². The highest BCUT2D eigenvalue weighted by Crippen LogP contribution is 2.58. The summed E-state index contributed by atoms with van der Waals surface area (Å²) >= 11 is 0. The molecule has 0 fully saturated rings. The Hall–Kier alpha value is -18.4. The van der Waals surface area contributed by atoms with Crippen molar-refractivity contribution in [2.45, 2.75) is 0 Å². The summed E-state index contributed by atoms with van der Waals surface area (Å²) in [5, 5.41) is 4.63. The quantitative estimate of drug-likeness (QED) is 0.0750. The average Bonchev–Trinajstić information content (AvgIpc) is 0.817. The molecule has 4 nitrogen and oxygen atoms in total. The summed E-state index contributed by atoms with van der Waals surface area (Å²) in [6, 6.07) is 207. The number of anilines is 6. The van der Waals surface area contributed by atoms with Crippen LogP contribution in [0.4, 0.5) is 34.1 Å². The molecule has 658 valence electrons. The summed E-state index contributed by atoms with van der Waals surface area (Å²) in [7, 11) is 0. The maximum Gasteiger partial charge on any atom is 0.252 e. The molecule has 0 saturated heterocycles. The Kier molecular flexibility index (Phi) is 21.1. The zero-order chi connectivity index (χ0) is 93.2. The second kappa shape index (κ2) is 35.7. The van der Waals surface area contributed by atoms with Gasteiger partial charge in [0.2, 0.25) is 0 Å². The zero-order valence-electron chi connectivity index (χ0n) is 77.4. The van der Waals surface area contributed by atoms with Crippen LogP contribution < -0.4 is 26.2 Å². The van der Waals surface area contributed by atoms with E-state index in [0.29, 0.717) is 0 Å². The second-order valence-electron chi connectivity index (χ2n) is 36.9. The Bertz CT molecular complexity index is 8000. The summed E-state index contributed by atoms with van der Waals surface area (Å²) in [4.78, 5) is 5.51. The van der Waals surface area contributed by atoms with Crippen LogP contribution in [-0.2, 0) is 0 Å². The first-order valence-corrected chi connectivity index (χ1v) is 48.7. The highest BCUT2D eigenvalue weighted by molar-refractivity contribution is 7.00. The molecule has 0 unspecified atom stereocenters. The molecule has 0 saturated carbocycles. The maximum absolute atomic E-state index is 2.76. The Morgan fingerprint density at radius 2 is 0.333 bits per heavy atom. The summed E-state index contributed by atoms with van der Waals surface area (Å²) in [6.45, 7) is -0.450. The Labute approximate surface area is 822 Å². The third kappa shape index (κ3) is 14.9. The van der Waals surface area contributed by atoms with E-state index >= 15 is 0 Å². The van der Waals surface area contributed by atoms with Crippen molar-refractivity contribution in [3.63, 3.8) is 0 Å². The zero-order valence-corrected chi connectivity index (χ0v) is 77.4. The Balaban J connectivity index is 0.869. The van der Waals surface area contributed by atoms with Crippen LogP contribution in [0.5, 0.6) is 0 Å². The number of fused-ring (bicyclic) bond motifs is 6. The van der Waals surface area contributed by atoms with E-state index in [2.05, 4.69) is 571 Å². The van der Waals surface area contributed by atoms with Gasteiger partial charge < -0.3 is 18.9 Å². The van der Waals surface area contributed by atoms with Gasteiger partial charge in [0, 0.05) is 77.9 Å². The first-order chi connectivity index (χ1) is 70.0. The van der Waals surface area contributed by atoms with Crippen LogP contribution in [0.1, 0.15) is 0 Å². The van der Waals surface area contributed by atoms with Crippen LogP contribution in [-0.4, -0.2) is 15.8 Å². The predicted molar refractivity (Wildman–Crippen MR) is 596 cm³/mol. The smallest absolute Gasteiger partial charge is 0.252 e. The van der Waals surface area contributed by atoms with E-state index in [1.165, 1.54) is 0 Å². The van der Waals surface area contributed by atoms with Crippen molar-refractivity contribution in [3.05, 3.63) is 552 Å². The van der Waals surface area contributed by atoms with Crippen molar-refractivity contribution in [1.82, 2.24) is 9.13 Å². The molecule has 2 aliphatic heterocycles. The van der Waals surface area contributed by atoms with E-state index in [0.717, 1.165) is 251 Å². The van der Waals surface area contributed by atoms with Crippen molar-refractivity contribution < 1.29 is 0 Å². The number of hydrogen-bond acceptors (Lipinski definition) is 2. The first kappa shape index (κ1) is 83.2. The van der Waals surface area contributed by atoms with Gasteiger partial charge in [-0.15, -0.1) is 0 Å². The van der Waals surface area contributed by atoms with E-state index in [1.54, 1.807) is 0 Å². The number of benzene rings is 22. The van der Waals surface area contributed by atoms with Gasteiger partial charge in [0.05, 0.1) is 34.2 Å². The van der Waals surface area contributed by atoms with Crippen molar-refractivity contribution in [3.8, 4) is 179 Å². The summed E-state index contributed by atoms with van der Waals surface area (Å²) in [5.41, 5.74) is 44.5. The minimum absolute atomic E-state index is 0.450. The number of aromatic nitrogens is 2. The molecule has 5 heteroatoms. The predicted octanol–water partition coefficient (Wildman–Crippen LogP) is 34.7. The topological polar surface area (TPSA) is 16.3 Å². The molecule has 0 spiro atoms. The molecular weight excluding hydrogens is 1700 g/mol. The Morgan fingerprint density at radius 1 is 0.135 bits per heavy atom. The summed E-state index contributed by atoms with van der Waals surface area (Å²) in [5.74, 6) is 0. The van der Waals surface area contributed by atoms with E-state index in [-0.39, 0.29) is 0 Å². The van der Waals surface area contributed by atoms with Crippen LogP contribution in [0.25, 0.3) is 200 Å². The van der Waals surface area contributed by atoms with Crippen LogP contribution in [0, 0.1) is 0 Å². The van der Waals surface area contributed by atoms with Crippen LogP contribution >= 0.6 is 0 Å². The minimum Gasteiger partial charge on any atom is -0.310 e. The SMILES string of the molecule is c1ccc(-c2cccc(-c3cc(-c4ccccc4)cc(-c4cccc(-c5ccccc5)c4)c3N3c4cc(-n5c(-c6ccccc6)c6ccccc6c5-c5ccccc5)ccc4B4c5ccc(-n6c(-c7ccccc7)c7ccccc7c6-c6ccccc6)cc5N(c5c(-c6cccc(-c7ccccc7)c6)cc(-c6ccccc6)cc5-c5cccc(-c6ccccc6)c5)c5cc(-c6ccccc6)cc3c54)c2)cc1. The molecule has 0 bridgehead atoms. The van der Waals surface area contributed by atoms with Gasteiger partial charge >= 0.3 is 0 Å². The molecule has 2 aromatic heterocycles. The fourth-order valence-corrected chi connectivity index (χ4v) is 22.3. The lowest BCUT2D eigenvalue weighted by Crippen LogP contribution is -2.61. The number of nitrogens with zero attached hydrogens (tertiary/aromatic N) is 4.